The van der Waals surface area contributed by atoms with E-state index in [1.807, 2.05) is 6.92 Å². The number of carbonyl (C=O) groups is 2. The molecule has 1 aromatic rings. The number of carbonyl (C=O) groups excluding carboxylic acids is 1. The Morgan fingerprint density at radius 3 is 2.62 bits per heavy atom. The van der Waals surface area contributed by atoms with Gasteiger partial charge in [-0.2, -0.15) is 0 Å². The van der Waals surface area contributed by atoms with Crippen LogP contribution in [0.1, 0.15) is 48.0 Å². The second-order valence-electron chi connectivity index (χ2n) is 5.62. The molecule has 114 valence electrons. The van der Waals surface area contributed by atoms with Crippen molar-refractivity contribution in [3.05, 3.63) is 34.3 Å². The lowest BCUT2D eigenvalue weighted by molar-refractivity contribution is -0.142. The van der Waals surface area contributed by atoms with Gasteiger partial charge in [0.15, 0.2) is 0 Å². The van der Waals surface area contributed by atoms with Crippen LogP contribution < -0.4 is 5.32 Å². The summed E-state index contributed by atoms with van der Waals surface area (Å²) in [6.45, 7) is 1.82. The van der Waals surface area contributed by atoms with Gasteiger partial charge in [-0.05, 0) is 43.5 Å². The highest BCUT2D eigenvalue weighted by atomic mass is 35.5. The Kier molecular flexibility index (Phi) is 5.23. The number of carboxylic acids is 1. The lowest BCUT2D eigenvalue weighted by Crippen LogP contribution is -2.43. The molecule has 5 heteroatoms. The number of hydrogen-bond acceptors (Lipinski definition) is 2. The number of amides is 1. The average molecular weight is 310 g/mol. The minimum Gasteiger partial charge on any atom is -0.481 e. The summed E-state index contributed by atoms with van der Waals surface area (Å²) in [5, 5.41) is 12.8. The Labute approximate surface area is 129 Å². The van der Waals surface area contributed by atoms with Crippen molar-refractivity contribution in [2.75, 3.05) is 0 Å². The topological polar surface area (TPSA) is 66.4 Å². The van der Waals surface area contributed by atoms with Crippen molar-refractivity contribution >= 4 is 23.5 Å². The summed E-state index contributed by atoms with van der Waals surface area (Å²) in [6.07, 6.45) is 4.23. The minimum absolute atomic E-state index is 0.220. The lowest BCUT2D eigenvalue weighted by atomic mass is 9.94. The zero-order valence-corrected chi connectivity index (χ0v) is 12.8. The van der Waals surface area contributed by atoms with Gasteiger partial charge in [0, 0.05) is 16.6 Å². The van der Waals surface area contributed by atoms with Gasteiger partial charge in [-0.1, -0.05) is 30.9 Å². The fraction of sp³-hybridized carbons (Fsp3) is 0.500. The Bertz CT molecular complexity index is 544. The van der Waals surface area contributed by atoms with E-state index in [0.29, 0.717) is 17.0 Å². The highest BCUT2D eigenvalue weighted by Crippen LogP contribution is 2.24. The first-order valence-electron chi connectivity index (χ1n) is 7.29. The van der Waals surface area contributed by atoms with E-state index >= 15 is 0 Å². The summed E-state index contributed by atoms with van der Waals surface area (Å²) in [5.41, 5.74) is 1.34. The van der Waals surface area contributed by atoms with Gasteiger partial charge in [0.25, 0.3) is 5.91 Å². The molecule has 0 spiro atoms. The summed E-state index contributed by atoms with van der Waals surface area (Å²) in [7, 11) is 0. The van der Waals surface area contributed by atoms with Crippen LogP contribution in [0.15, 0.2) is 18.2 Å². The second-order valence-corrected chi connectivity index (χ2v) is 6.06. The molecule has 1 aromatic carbocycles. The van der Waals surface area contributed by atoms with Crippen LogP contribution in [0.3, 0.4) is 0 Å². The van der Waals surface area contributed by atoms with Crippen LogP contribution in [0.25, 0.3) is 0 Å². The maximum Gasteiger partial charge on any atom is 0.308 e. The predicted molar refractivity (Wildman–Crippen MR) is 81.7 cm³/mol. The summed E-state index contributed by atoms with van der Waals surface area (Å²) in [4.78, 5) is 23.8. The zero-order valence-electron chi connectivity index (χ0n) is 12.1. The normalized spacial score (nSPS) is 22.4. The molecule has 0 saturated heterocycles. The molecule has 0 heterocycles. The molecule has 1 aliphatic rings. The molecule has 1 fully saturated rings. The van der Waals surface area contributed by atoms with Crippen molar-refractivity contribution in [2.24, 2.45) is 5.92 Å². The first kappa shape index (κ1) is 15.8. The molecule has 1 aliphatic carbocycles. The number of hydrogen-bond donors (Lipinski definition) is 2. The van der Waals surface area contributed by atoms with Crippen molar-refractivity contribution in [1.29, 1.82) is 0 Å². The van der Waals surface area contributed by atoms with Crippen LogP contribution in [0.2, 0.25) is 5.02 Å². The molecule has 4 nitrogen and oxygen atoms in total. The molecule has 2 unspecified atom stereocenters. The second kappa shape index (κ2) is 6.94. The number of benzene rings is 1. The van der Waals surface area contributed by atoms with E-state index in [0.717, 1.165) is 31.2 Å². The van der Waals surface area contributed by atoms with Crippen molar-refractivity contribution in [3.8, 4) is 0 Å². The molecule has 2 N–H and O–H groups in total. The summed E-state index contributed by atoms with van der Waals surface area (Å²) in [5.74, 6) is -1.54. The molecular formula is C16H20ClNO3. The number of aryl methyl sites for hydroxylation is 1. The highest BCUT2D eigenvalue weighted by molar-refractivity contribution is 6.30. The average Bonchev–Trinajstić information content (AvgIpc) is 2.63. The monoisotopic (exact) mass is 309 g/mol. The largest absolute Gasteiger partial charge is 0.481 e. The van der Waals surface area contributed by atoms with Gasteiger partial charge >= 0.3 is 5.97 Å². The maximum absolute atomic E-state index is 12.4. The van der Waals surface area contributed by atoms with Gasteiger partial charge in [-0.3, -0.25) is 9.59 Å². The van der Waals surface area contributed by atoms with E-state index in [-0.39, 0.29) is 11.9 Å². The Morgan fingerprint density at radius 1 is 1.24 bits per heavy atom. The maximum atomic E-state index is 12.4. The van der Waals surface area contributed by atoms with Gasteiger partial charge in [0.2, 0.25) is 0 Å². The molecule has 0 aliphatic heterocycles. The van der Waals surface area contributed by atoms with Gasteiger partial charge in [0.05, 0.1) is 5.92 Å². The van der Waals surface area contributed by atoms with E-state index in [1.54, 1.807) is 18.2 Å². The van der Waals surface area contributed by atoms with E-state index in [1.165, 1.54) is 0 Å². The summed E-state index contributed by atoms with van der Waals surface area (Å²) in [6, 6.07) is 4.79. The molecule has 0 radical (unpaired) electrons. The molecule has 21 heavy (non-hydrogen) atoms. The van der Waals surface area contributed by atoms with Crippen LogP contribution in [0.5, 0.6) is 0 Å². The first-order chi connectivity index (χ1) is 9.99. The summed E-state index contributed by atoms with van der Waals surface area (Å²) < 4.78 is 0. The number of carboxylic acid groups (broad SMARTS) is 1. The van der Waals surface area contributed by atoms with Crippen molar-refractivity contribution in [1.82, 2.24) is 5.32 Å². The first-order valence-corrected chi connectivity index (χ1v) is 7.66. The molecule has 2 atom stereocenters. The highest BCUT2D eigenvalue weighted by Gasteiger charge is 2.30. The van der Waals surface area contributed by atoms with Gasteiger partial charge < -0.3 is 10.4 Å². The van der Waals surface area contributed by atoms with E-state index in [2.05, 4.69) is 5.32 Å². The van der Waals surface area contributed by atoms with Crippen molar-refractivity contribution in [2.45, 2.75) is 45.1 Å². The number of rotatable bonds is 3. The molecule has 1 saturated carbocycles. The van der Waals surface area contributed by atoms with Gasteiger partial charge in [-0.25, -0.2) is 0 Å². The van der Waals surface area contributed by atoms with Crippen LogP contribution in [-0.4, -0.2) is 23.0 Å². The molecule has 0 aromatic heterocycles. The van der Waals surface area contributed by atoms with E-state index in [4.69, 9.17) is 11.6 Å². The number of aliphatic carboxylic acids is 1. The molecule has 2 rings (SSSR count). The van der Waals surface area contributed by atoms with Gasteiger partial charge in [-0.15, -0.1) is 0 Å². The van der Waals surface area contributed by atoms with Crippen LogP contribution >= 0.6 is 11.6 Å². The SMILES string of the molecule is Cc1cc(Cl)ccc1C(=O)NC1CCCCCC1C(=O)O. The third kappa shape index (κ3) is 3.97. The third-order valence-corrected chi connectivity index (χ3v) is 4.32. The molecular weight excluding hydrogens is 290 g/mol. The van der Waals surface area contributed by atoms with Crippen LogP contribution in [0.4, 0.5) is 0 Å². The minimum atomic E-state index is -0.824. The van der Waals surface area contributed by atoms with Crippen molar-refractivity contribution < 1.29 is 14.7 Å². The van der Waals surface area contributed by atoms with E-state index in [9.17, 15) is 14.7 Å². The van der Waals surface area contributed by atoms with E-state index < -0.39 is 11.9 Å². The summed E-state index contributed by atoms with van der Waals surface area (Å²) >= 11 is 5.89. The Morgan fingerprint density at radius 2 is 1.95 bits per heavy atom. The van der Waals surface area contributed by atoms with Crippen LogP contribution in [0, 0.1) is 12.8 Å². The van der Waals surface area contributed by atoms with Crippen molar-refractivity contribution in [3.63, 3.8) is 0 Å². The quantitative estimate of drug-likeness (QED) is 0.841. The van der Waals surface area contributed by atoms with Crippen LogP contribution in [-0.2, 0) is 4.79 Å². The fourth-order valence-electron chi connectivity index (χ4n) is 2.90. The predicted octanol–water partition coefficient (Wildman–Crippen LogP) is 3.41. The zero-order chi connectivity index (χ0) is 15.4. The van der Waals surface area contributed by atoms with Gasteiger partial charge in [0.1, 0.15) is 0 Å². The Balaban J connectivity index is 2.14. The smallest absolute Gasteiger partial charge is 0.308 e. The Hall–Kier alpha value is -1.55. The molecule has 0 bridgehead atoms. The fourth-order valence-corrected chi connectivity index (χ4v) is 3.13. The lowest BCUT2D eigenvalue weighted by Gasteiger charge is -2.23. The standard InChI is InChI=1S/C16H20ClNO3/c1-10-9-11(17)7-8-12(10)15(19)18-14-6-4-2-3-5-13(14)16(20)21/h7-9,13-14H,2-6H2,1H3,(H,18,19)(H,20,21). The third-order valence-electron chi connectivity index (χ3n) is 4.08. The number of nitrogens with one attached hydrogen (secondary N) is 1. The number of halogens is 1. The molecule has 1 amide bonds.